The van der Waals surface area contributed by atoms with Gasteiger partial charge in [0.1, 0.15) is 11.4 Å². The fraction of sp³-hybridized carbons (Fsp3) is 0.647. The van der Waals surface area contributed by atoms with E-state index in [1.54, 1.807) is 0 Å². The normalized spacial score (nSPS) is 31.6. The van der Waals surface area contributed by atoms with Gasteiger partial charge in [0.05, 0.1) is 6.10 Å². The summed E-state index contributed by atoms with van der Waals surface area (Å²) in [5.74, 6) is 1.02. The van der Waals surface area contributed by atoms with E-state index in [0.29, 0.717) is 18.2 Å². The van der Waals surface area contributed by atoms with Crippen LogP contribution in [0.3, 0.4) is 0 Å². The molecule has 3 rings (SSSR count). The summed E-state index contributed by atoms with van der Waals surface area (Å²) in [6.45, 7) is 4.33. The van der Waals surface area contributed by atoms with Crippen LogP contribution in [-0.4, -0.2) is 24.9 Å². The molecule has 0 aromatic heterocycles. The molecule has 3 nitrogen and oxygen atoms in total. The second-order valence-corrected chi connectivity index (χ2v) is 6.63. The van der Waals surface area contributed by atoms with Gasteiger partial charge in [0, 0.05) is 31.2 Å². The van der Waals surface area contributed by atoms with E-state index in [1.807, 2.05) is 13.2 Å². The standard InChI is InChI=1S/C17H25NO2/c1-17(2)11-14(12-7-4-5-9-15(12)20-17)18-13-8-6-10-16(13)19-3/h4-5,7,9,13-14,16,18H,6,8,10-11H2,1-3H3. The molecule has 0 amide bonds. The average molecular weight is 275 g/mol. The lowest BCUT2D eigenvalue weighted by atomic mass is 9.89. The van der Waals surface area contributed by atoms with Crippen LogP contribution in [0.1, 0.15) is 51.1 Å². The minimum atomic E-state index is -0.118. The van der Waals surface area contributed by atoms with Crippen molar-refractivity contribution in [2.75, 3.05) is 7.11 Å². The molecule has 1 heterocycles. The predicted molar refractivity (Wildman–Crippen MR) is 80.1 cm³/mol. The predicted octanol–water partition coefficient (Wildman–Crippen LogP) is 3.45. The van der Waals surface area contributed by atoms with E-state index in [-0.39, 0.29) is 5.60 Å². The van der Waals surface area contributed by atoms with Crippen molar-refractivity contribution in [2.24, 2.45) is 0 Å². The Morgan fingerprint density at radius 2 is 2.05 bits per heavy atom. The molecule has 0 saturated heterocycles. The van der Waals surface area contributed by atoms with Crippen LogP contribution in [0.15, 0.2) is 24.3 Å². The molecule has 1 fully saturated rings. The fourth-order valence-electron chi connectivity index (χ4n) is 3.61. The highest BCUT2D eigenvalue weighted by molar-refractivity contribution is 5.38. The molecule has 3 heteroatoms. The maximum atomic E-state index is 6.10. The number of methoxy groups -OCH3 is 1. The molecule has 2 aliphatic rings. The molecule has 1 saturated carbocycles. The van der Waals surface area contributed by atoms with Gasteiger partial charge >= 0.3 is 0 Å². The second-order valence-electron chi connectivity index (χ2n) is 6.63. The quantitative estimate of drug-likeness (QED) is 0.916. The number of benzene rings is 1. The number of ether oxygens (including phenoxy) is 2. The van der Waals surface area contributed by atoms with Crippen LogP contribution in [0, 0.1) is 0 Å². The topological polar surface area (TPSA) is 30.5 Å². The van der Waals surface area contributed by atoms with Crippen LogP contribution in [0.5, 0.6) is 5.75 Å². The fourth-order valence-corrected chi connectivity index (χ4v) is 3.61. The molecule has 0 radical (unpaired) electrons. The molecule has 3 unspecified atom stereocenters. The van der Waals surface area contributed by atoms with E-state index in [9.17, 15) is 0 Å². The summed E-state index contributed by atoms with van der Waals surface area (Å²) in [5.41, 5.74) is 1.17. The van der Waals surface area contributed by atoms with Crippen molar-refractivity contribution in [3.05, 3.63) is 29.8 Å². The van der Waals surface area contributed by atoms with Crippen LogP contribution in [0.25, 0.3) is 0 Å². The highest BCUT2D eigenvalue weighted by Gasteiger charge is 2.36. The summed E-state index contributed by atoms with van der Waals surface area (Å²) < 4.78 is 11.7. The number of nitrogens with one attached hydrogen (secondary N) is 1. The Hall–Kier alpha value is -1.06. The summed E-state index contributed by atoms with van der Waals surface area (Å²) >= 11 is 0. The van der Waals surface area contributed by atoms with Gasteiger partial charge in [0.25, 0.3) is 0 Å². The van der Waals surface area contributed by atoms with Crippen LogP contribution in [-0.2, 0) is 4.74 Å². The molecule has 0 spiro atoms. The summed E-state index contributed by atoms with van der Waals surface area (Å²) in [5, 5.41) is 3.83. The maximum absolute atomic E-state index is 6.10. The Morgan fingerprint density at radius 1 is 1.25 bits per heavy atom. The Bertz CT molecular complexity index is 472. The van der Waals surface area contributed by atoms with E-state index in [0.717, 1.165) is 12.2 Å². The van der Waals surface area contributed by atoms with Gasteiger partial charge < -0.3 is 14.8 Å². The van der Waals surface area contributed by atoms with E-state index in [1.165, 1.54) is 24.8 Å². The number of rotatable bonds is 3. The summed E-state index contributed by atoms with van der Waals surface area (Å²) in [4.78, 5) is 0. The second kappa shape index (κ2) is 5.38. The summed E-state index contributed by atoms with van der Waals surface area (Å²) in [6.07, 6.45) is 4.98. The van der Waals surface area contributed by atoms with Gasteiger partial charge in [0.15, 0.2) is 0 Å². The first-order valence-corrected chi connectivity index (χ1v) is 7.66. The van der Waals surface area contributed by atoms with E-state index in [4.69, 9.17) is 9.47 Å². The third-order valence-corrected chi connectivity index (χ3v) is 4.55. The smallest absolute Gasteiger partial charge is 0.124 e. The van der Waals surface area contributed by atoms with E-state index >= 15 is 0 Å². The van der Waals surface area contributed by atoms with E-state index in [2.05, 4.69) is 37.4 Å². The van der Waals surface area contributed by atoms with Crippen molar-refractivity contribution < 1.29 is 9.47 Å². The van der Waals surface area contributed by atoms with Gasteiger partial charge in [-0.3, -0.25) is 0 Å². The van der Waals surface area contributed by atoms with Crippen LogP contribution in [0.4, 0.5) is 0 Å². The Labute approximate surface area is 121 Å². The number of fused-ring (bicyclic) bond motifs is 1. The first kappa shape index (κ1) is 13.9. The Morgan fingerprint density at radius 3 is 2.85 bits per heavy atom. The number of para-hydroxylation sites is 1. The molecule has 1 aliphatic carbocycles. The molecular formula is C17H25NO2. The molecule has 1 aliphatic heterocycles. The zero-order chi connectivity index (χ0) is 14.2. The van der Waals surface area contributed by atoms with Crippen molar-refractivity contribution >= 4 is 0 Å². The van der Waals surface area contributed by atoms with Crippen LogP contribution >= 0.6 is 0 Å². The SMILES string of the molecule is COC1CCCC1NC1CC(C)(C)Oc2ccccc21. The summed E-state index contributed by atoms with van der Waals surface area (Å²) in [7, 11) is 1.83. The van der Waals surface area contributed by atoms with Gasteiger partial charge in [-0.05, 0) is 39.2 Å². The molecule has 0 bridgehead atoms. The molecule has 110 valence electrons. The molecule has 1 aromatic rings. The largest absolute Gasteiger partial charge is 0.487 e. The molecule has 20 heavy (non-hydrogen) atoms. The molecular weight excluding hydrogens is 250 g/mol. The zero-order valence-corrected chi connectivity index (χ0v) is 12.7. The van der Waals surface area contributed by atoms with Gasteiger partial charge in [-0.25, -0.2) is 0 Å². The van der Waals surface area contributed by atoms with Crippen LogP contribution < -0.4 is 10.1 Å². The molecule has 1 N–H and O–H groups in total. The molecule has 1 aromatic carbocycles. The lowest BCUT2D eigenvalue weighted by Crippen LogP contribution is -2.45. The highest BCUT2D eigenvalue weighted by Crippen LogP contribution is 2.40. The summed E-state index contributed by atoms with van der Waals surface area (Å²) in [6, 6.07) is 9.22. The lowest BCUT2D eigenvalue weighted by Gasteiger charge is -2.39. The van der Waals surface area contributed by atoms with Gasteiger partial charge in [0.2, 0.25) is 0 Å². The number of hydrogen-bond acceptors (Lipinski definition) is 3. The third kappa shape index (κ3) is 2.70. The first-order chi connectivity index (χ1) is 9.59. The monoisotopic (exact) mass is 275 g/mol. The highest BCUT2D eigenvalue weighted by atomic mass is 16.5. The minimum absolute atomic E-state index is 0.118. The van der Waals surface area contributed by atoms with Crippen molar-refractivity contribution in [1.82, 2.24) is 5.32 Å². The minimum Gasteiger partial charge on any atom is -0.487 e. The van der Waals surface area contributed by atoms with Crippen molar-refractivity contribution in [3.8, 4) is 5.75 Å². The number of hydrogen-bond donors (Lipinski definition) is 1. The van der Waals surface area contributed by atoms with Crippen molar-refractivity contribution in [1.29, 1.82) is 0 Å². The van der Waals surface area contributed by atoms with Crippen molar-refractivity contribution in [2.45, 2.75) is 63.3 Å². The maximum Gasteiger partial charge on any atom is 0.124 e. The third-order valence-electron chi connectivity index (χ3n) is 4.55. The van der Waals surface area contributed by atoms with E-state index < -0.39 is 0 Å². The first-order valence-electron chi connectivity index (χ1n) is 7.66. The van der Waals surface area contributed by atoms with Gasteiger partial charge in [-0.2, -0.15) is 0 Å². The lowest BCUT2D eigenvalue weighted by molar-refractivity contribution is 0.0476. The Kier molecular flexibility index (Phi) is 3.74. The zero-order valence-electron chi connectivity index (χ0n) is 12.7. The van der Waals surface area contributed by atoms with Gasteiger partial charge in [-0.1, -0.05) is 18.2 Å². The molecule has 3 atom stereocenters. The Balaban J connectivity index is 1.82. The van der Waals surface area contributed by atoms with Gasteiger partial charge in [-0.15, -0.1) is 0 Å². The average Bonchev–Trinajstić information content (AvgIpc) is 2.84. The van der Waals surface area contributed by atoms with Crippen molar-refractivity contribution in [3.63, 3.8) is 0 Å². The van der Waals surface area contributed by atoms with Crippen LogP contribution in [0.2, 0.25) is 0 Å².